The highest BCUT2D eigenvalue weighted by Crippen LogP contribution is 2.21. The van der Waals surface area contributed by atoms with Crippen LogP contribution in [0.4, 0.5) is 5.69 Å². The molecule has 2 aromatic rings. The minimum atomic E-state index is 0.589. The first-order valence-corrected chi connectivity index (χ1v) is 6.46. The summed E-state index contributed by atoms with van der Waals surface area (Å²) < 4.78 is 1.80. The van der Waals surface area contributed by atoms with Crippen LogP contribution >= 0.6 is 11.6 Å². The molecule has 5 heteroatoms. The van der Waals surface area contributed by atoms with E-state index in [2.05, 4.69) is 23.4 Å². The lowest BCUT2D eigenvalue weighted by molar-refractivity contribution is 0.746. The first-order valence-electron chi connectivity index (χ1n) is 6.09. The van der Waals surface area contributed by atoms with Crippen LogP contribution in [0.25, 0.3) is 0 Å². The highest BCUT2D eigenvalue weighted by atomic mass is 35.5. The van der Waals surface area contributed by atoms with Crippen molar-refractivity contribution in [2.24, 2.45) is 7.05 Å². The first-order chi connectivity index (χ1) is 9.13. The van der Waals surface area contributed by atoms with Gasteiger partial charge in [-0.05, 0) is 24.6 Å². The van der Waals surface area contributed by atoms with Crippen molar-refractivity contribution < 1.29 is 0 Å². The molecule has 1 heterocycles. The van der Waals surface area contributed by atoms with Crippen LogP contribution in [0.5, 0.6) is 0 Å². The first kappa shape index (κ1) is 13.4. The number of rotatable bonds is 4. The summed E-state index contributed by atoms with van der Waals surface area (Å²) in [5, 5.41) is 17.3. The van der Waals surface area contributed by atoms with Crippen molar-refractivity contribution in [1.29, 1.82) is 5.26 Å². The van der Waals surface area contributed by atoms with Crippen LogP contribution in [0.3, 0.4) is 0 Å². The maximum absolute atomic E-state index is 9.06. The van der Waals surface area contributed by atoms with Gasteiger partial charge in [0.2, 0.25) is 0 Å². The molecule has 0 unspecified atom stereocenters. The average molecular weight is 275 g/mol. The Morgan fingerprint density at radius 3 is 2.95 bits per heavy atom. The lowest BCUT2D eigenvalue weighted by atomic mass is 10.1. The maximum atomic E-state index is 9.06. The summed E-state index contributed by atoms with van der Waals surface area (Å²) in [5.74, 6) is 0. The fraction of sp³-hybridized carbons (Fsp3) is 0.286. The molecule has 0 spiro atoms. The zero-order valence-corrected chi connectivity index (χ0v) is 11.7. The molecule has 0 aliphatic rings. The topological polar surface area (TPSA) is 53.6 Å². The molecule has 19 heavy (non-hydrogen) atoms. The van der Waals surface area contributed by atoms with Gasteiger partial charge >= 0.3 is 0 Å². The quantitative estimate of drug-likeness (QED) is 0.932. The second-order valence-corrected chi connectivity index (χ2v) is 4.72. The lowest BCUT2D eigenvalue weighted by Crippen LogP contribution is -2.02. The summed E-state index contributed by atoms with van der Waals surface area (Å²) >= 11 is 5.95. The van der Waals surface area contributed by atoms with Gasteiger partial charge in [-0.3, -0.25) is 4.68 Å². The largest absolute Gasteiger partial charge is 0.380 e. The normalized spacial score (nSPS) is 10.2. The molecule has 1 N–H and O–H groups in total. The lowest BCUT2D eigenvalue weighted by Gasteiger charge is -2.08. The fourth-order valence-electron chi connectivity index (χ4n) is 1.98. The van der Waals surface area contributed by atoms with Gasteiger partial charge in [0.05, 0.1) is 16.9 Å². The zero-order chi connectivity index (χ0) is 13.8. The predicted octanol–water partition coefficient (Wildman–Crippen LogP) is 3.12. The van der Waals surface area contributed by atoms with Gasteiger partial charge in [-0.1, -0.05) is 18.5 Å². The molecule has 98 valence electrons. The van der Waals surface area contributed by atoms with Crippen LogP contribution in [0.2, 0.25) is 5.02 Å². The number of benzene rings is 1. The van der Waals surface area contributed by atoms with Crippen LogP contribution in [-0.4, -0.2) is 9.78 Å². The van der Waals surface area contributed by atoms with Crippen molar-refractivity contribution in [1.82, 2.24) is 9.78 Å². The Kier molecular flexibility index (Phi) is 4.08. The van der Waals surface area contributed by atoms with E-state index in [1.807, 2.05) is 13.2 Å². The SMILES string of the molecule is CCc1nn(C)cc1CNc1cc(Cl)ccc1C#N. The average Bonchev–Trinajstić information content (AvgIpc) is 2.77. The minimum Gasteiger partial charge on any atom is -0.380 e. The third-order valence-corrected chi connectivity index (χ3v) is 3.13. The van der Waals surface area contributed by atoms with Crippen molar-refractivity contribution in [3.05, 3.63) is 46.2 Å². The van der Waals surface area contributed by atoms with Crippen molar-refractivity contribution in [3.63, 3.8) is 0 Å². The van der Waals surface area contributed by atoms with Crippen LogP contribution in [0.15, 0.2) is 24.4 Å². The third kappa shape index (κ3) is 3.07. The number of hydrogen-bond donors (Lipinski definition) is 1. The van der Waals surface area contributed by atoms with Gasteiger partial charge in [0, 0.05) is 30.4 Å². The van der Waals surface area contributed by atoms with Gasteiger partial charge in [-0.15, -0.1) is 0 Å². The van der Waals surface area contributed by atoms with E-state index in [1.165, 1.54) is 0 Å². The van der Waals surface area contributed by atoms with Gasteiger partial charge in [0.15, 0.2) is 0 Å². The summed E-state index contributed by atoms with van der Waals surface area (Å²) in [6.45, 7) is 2.71. The molecule has 0 radical (unpaired) electrons. The number of hydrogen-bond acceptors (Lipinski definition) is 3. The fourth-order valence-corrected chi connectivity index (χ4v) is 2.15. The van der Waals surface area contributed by atoms with E-state index in [1.54, 1.807) is 22.9 Å². The highest BCUT2D eigenvalue weighted by molar-refractivity contribution is 6.30. The molecule has 0 aliphatic carbocycles. The standard InChI is InChI=1S/C14H15ClN4/c1-3-13-11(9-19(2)18-13)8-17-14-6-12(15)5-4-10(14)7-16/h4-6,9,17H,3,8H2,1-2H3. The van der Waals surface area contributed by atoms with E-state index in [-0.39, 0.29) is 0 Å². The Labute approximate surface area is 117 Å². The van der Waals surface area contributed by atoms with Crippen LogP contribution in [-0.2, 0) is 20.0 Å². The molecule has 1 aromatic carbocycles. The Bertz CT molecular complexity index is 625. The molecule has 4 nitrogen and oxygen atoms in total. The number of aromatic nitrogens is 2. The molecular formula is C14H15ClN4. The van der Waals surface area contributed by atoms with Gasteiger partial charge in [0.25, 0.3) is 0 Å². The van der Waals surface area contributed by atoms with Gasteiger partial charge < -0.3 is 5.32 Å². The Morgan fingerprint density at radius 2 is 2.26 bits per heavy atom. The van der Waals surface area contributed by atoms with Crippen molar-refractivity contribution in [3.8, 4) is 6.07 Å². The van der Waals surface area contributed by atoms with Crippen LogP contribution in [0.1, 0.15) is 23.7 Å². The van der Waals surface area contributed by atoms with Gasteiger partial charge in [-0.25, -0.2) is 0 Å². The number of nitrogens with zero attached hydrogens (tertiary/aromatic N) is 3. The van der Waals surface area contributed by atoms with E-state index in [0.29, 0.717) is 17.1 Å². The van der Waals surface area contributed by atoms with E-state index in [9.17, 15) is 0 Å². The molecule has 0 bridgehead atoms. The minimum absolute atomic E-state index is 0.589. The molecular weight excluding hydrogens is 260 g/mol. The summed E-state index contributed by atoms with van der Waals surface area (Å²) in [7, 11) is 1.91. The molecule has 1 aromatic heterocycles. The number of halogens is 1. The van der Waals surface area contributed by atoms with E-state index >= 15 is 0 Å². The van der Waals surface area contributed by atoms with Crippen molar-refractivity contribution in [2.45, 2.75) is 19.9 Å². The molecule has 0 fully saturated rings. The number of anilines is 1. The van der Waals surface area contributed by atoms with Crippen LogP contribution in [0, 0.1) is 11.3 Å². The summed E-state index contributed by atoms with van der Waals surface area (Å²) in [6.07, 6.45) is 2.88. The third-order valence-electron chi connectivity index (χ3n) is 2.90. The predicted molar refractivity (Wildman–Crippen MR) is 76.1 cm³/mol. The number of aryl methyl sites for hydroxylation is 2. The van der Waals surface area contributed by atoms with Gasteiger partial charge in [0.1, 0.15) is 6.07 Å². The molecule has 0 amide bonds. The maximum Gasteiger partial charge on any atom is 0.101 e. The summed E-state index contributed by atoms with van der Waals surface area (Å²) in [5.41, 5.74) is 3.54. The number of nitrogens with one attached hydrogen (secondary N) is 1. The van der Waals surface area contributed by atoms with Crippen LogP contribution < -0.4 is 5.32 Å². The molecule has 0 saturated carbocycles. The highest BCUT2D eigenvalue weighted by Gasteiger charge is 2.07. The molecule has 0 saturated heterocycles. The monoisotopic (exact) mass is 274 g/mol. The Morgan fingerprint density at radius 1 is 1.47 bits per heavy atom. The Hall–Kier alpha value is -1.99. The molecule has 0 aliphatic heterocycles. The molecule has 2 rings (SSSR count). The van der Waals surface area contributed by atoms with Crippen molar-refractivity contribution in [2.75, 3.05) is 5.32 Å². The smallest absolute Gasteiger partial charge is 0.101 e. The number of nitriles is 1. The molecule has 0 atom stereocenters. The zero-order valence-electron chi connectivity index (χ0n) is 10.9. The second kappa shape index (κ2) is 5.77. The summed E-state index contributed by atoms with van der Waals surface area (Å²) in [6, 6.07) is 7.35. The van der Waals surface area contributed by atoms with E-state index < -0.39 is 0 Å². The van der Waals surface area contributed by atoms with Crippen molar-refractivity contribution >= 4 is 17.3 Å². The van der Waals surface area contributed by atoms with Gasteiger partial charge in [-0.2, -0.15) is 10.4 Å². The van der Waals surface area contributed by atoms with E-state index in [4.69, 9.17) is 16.9 Å². The second-order valence-electron chi connectivity index (χ2n) is 4.28. The summed E-state index contributed by atoms with van der Waals surface area (Å²) in [4.78, 5) is 0. The Balaban J connectivity index is 2.18. The van der Waals surface area contributed by atoms with E-state index in [0.717, 1.165) is 23.4 Å².